The molecule has 0 fully saturated rings. The second-order valence-corrected chi connectivity index (χ2v) is 8.58. The Balaban J connectivity index is 2.32. The van der Waals surface area contributed by atoms with Crippen molar-refractivity contribution in [1.82, 2.24) is 19.3 Å². The molecule has 164 valence electrons. The lowest BCUT2D eigenvalue weighted by atomic mass is 9.87. The van der Waals surface area contributed by atoms with Gasteiger partial charge in [0.1, 0.15) is 18.3 Å². The van der Waals surface area contributed by atoms with Gasteiger partial charge >= 0.3 is 11.7 Å². The Morgan fingerprint density at radius 2 is 1.97 bits per heavy atom. The highest BCUT2D eigenvalue weighted by Crippen LogP contribution is 2.35. The Kier molecular flexibility index (Phi) is 5.80. The van der Waals surface area contributed by atoms with E-state index in [2.05, 4.69) is 16.0 Å². The summed E-state index contributed by atoms with van der Waals surface area (Å²) in [6.07, 6.45) is -3.25. The first kappa shape index (κ1) is 22.7. The first-order valence-electron chi connectivity index (χ1n) is 9.25. The van der Waals surface area contributed by atoms with Gasteiger partial charge < -0.3 is 9.40 Å². The molecule has 11 heteroatoms. The standard InChI is InChI=1S/C20H20F3N5O2S/c1-6-31-13-7-11(19(2,3)10-24)9-25-15(13)17-26-12-8-14(20(21,22)23)28(30-5)18(29)16(12)27(17)4/h7-9H,6H2,1-5H3. The van der Waals surface area contributed by atoms with Gasteiger partial charge in [-0.1, -0.05) is 6.92 Å². The zero-order chi connectivity index (χ0) is 23.1. The van der Waals surface area contributed by atoms with Crippen LogP contribution in [-0.4, -0.2) is 32.1 Å². The summed E-state index contributed by atoms with van der Waals surface area (Å²) in [6, 6.07) is 4.83. The van der Waals surface area contributed by atoms with Crippen molar-refractivity contribution in [1.29, 1.82) is 5.26 Å². The van der Waals surface area contributed by atoms with Gasteiger partial charge in [-0.05, 0) is 37.3 Å². The molecule has 3 aromatic rings. The summed E-state index contributed by atoms with van der Waals surface area (Å²) < 4.78 is 41.9. The van der Waals surface area contributed by atoms with E-state index in [9.17, 15) is 23.2 Å². The van der Waals surface area contributed by atoms with Crippen LogP contribution in [0, 0.1) is 11.3 Å². The largest absolute Gasteiger partial charge is 0.435 e. The van der Waals surface area contributed by atoms with E-state index in [0.717, 1.165) is 13.2 Å². The van der Waals surface area contributed by atoms with Crippen LogP contribution in [-0.2, 0) is 18.6 Å². The van der Waals surface area contributed by atoms with Crippen LogP contribution in [0.2, 0.25) is 0 Å². The first-order chi connectivity index (χ1) is 14.5. The van der Waals surface area contributed by atoms with Crippen LogP contribution in [0.25, 0.3) is 22.6 Å². The van der Waals surface area contributed by atoms with Gasteiger partial charge in [-0.2, -0.15) is 18.4 Å². The number of thioether (sulfide) groups is 1. The molecule has 0 aliphatic heterocycles. The number of nitriles is 1. The van der Waals surface area contributed by atoms with Crippen LogP contribution in [0.1, 0.15) is 32.0 Å². The Labute approximate surface area is 180 Å². The van der Waals surface area contributed by atoms with Crippen LogP contribution >= 0.6 is 11.8 Å². The molecule has 0 amide bonds. The number of alkyl halides is 3. The maximum Gasteiger partial charge on any atom is 0.435 e. The maximum atomic E-state index is 13.4. The molecule has 0 aliphatic carbocycles. The zero-order valence-electron chi connectivity index (χ0n) is 17.5. The summed E-state index contributed by atoms with van der Waals surface area (Å²) in [4.78, 5) is 26.9. The Morgan fingerprint density at radius 1 is 1.29 bits per heavy atom. The topological polar surface area (TPSA) is 85.7 Å². The Bertz CT molecular complexity index is 1250. The van der Waals surface area contributed by atoms with E-state index in [4.69, 9.17) is 4.84 Å². The normalized spacial score (nSPS) is 12.2. The zero-order valence-corrected chi connectivity index (χ0v) is 18.4. The maximum absolute atomic E-state index is 13.4. The molecular formula is C20H20F3N5O2S. The number of aryl methyl sites for hydroxylation is 1. The number of halogens is 3. The number of aromatic nitrogens is 4. The van der Waals surface area contributed by atoms with Crippen molar-refractivity contribution >= 4 is 22.8 Å². The smallest absolute Gasteiger partial charge is 0.413 e. The van der Waals surface area contributed by atoms with Crippen LogP contribution in [0.3, 0.4) is 0 Å². The Hall–Kier alpha value is -3.00. The van der Waals surface area contributed by atoms with E-state index in [1.54, 1.807) is 20.0 Å². The molecule has 3 rings (SSSR count). The summed E-state index contributed by atoms with van der Waals surface area (Å²) >= 11 is 1.46. The fourth-order valence-electron chi connectivity index (χ4n) is 3.14. The first-order valence-corrected chi connectivity index (χ1v) is 10.2. The quantitative estimate of drug-likeness (QED) is 0.549. The number of nitrogens with zero attached hydrogens (tertiary/aromatic N) is 5. The van der Waals surface area contributed by atoms with E-state index < -0.39 is 22.8 Å². The summed E-state index contributed by atoms with van der Waals surface area (Å²) in [6.45, 7) is 5.48. The average Bonchev–Trinajstić information content (AvgIpc) is 3.04. The number of hydrogen-bond donors (Lipinski definition) is 0. The predicted octanol–water partition coefficient (Wildman–Crippen LogP) is 3.79. The monoisotopic (exact) mass is 451 g/mol. The molecule has 0 aliphatic rings. The highest BCUT2D eigenvalue weighted by Gasteiger charge is 2.37. The number of fused-ring (bicyclic) bond motifs is 1. The van der Waals surface area contributed by atoms with Crippen molar-refractivity contribution in [3.63, 3.8) is 0 Å². The van der Waals surface area contributed by atoms with E-state index in [1.807, 2.05) is 13.0 Å². The third-order valence-corrected chi connectivity index (χ3v) is 5.75. The molecular weight excluding hydrogens is 431 g/mol. The minimum Gasteiger partial charge on any atom is -0.413 e. The summed E-state index contributed by atoms with van der Waals surface area (Å²) in [5.74, 6) is 0.940. The highest BCUT2D eigenvalue weighted by atomic mass is 32.2. The minimum atomic E-state index is -4.80. The molecule has 7 nitrogen and oxygen atoms in total. The SMILES string of the molecule is CCSc1cc(C(C)(C)C#N)cnc1-c1nc2cc(C(F)(F)F)n(OC)c(=O)c2n1C. The number of pyridine rings is 2. The van der Waals surface area contributed by atoms with Gasteiger partial charge in [-0.3, -0.25) is 9.78 Å². The van der Waals surface area contributed by atoms with Crippen molar-refractivity contribution in [2.24, 2.45) is 7.05 Å². The molecule has 0 saturated carbocycles. The van der Waals surface area contributed by atoms with E-state index in [1.165, 1.54) is 23.4 Å². The van der Waals surface area contributed by atoms with E-state index >= 15 is 0 Å². The molecule has 3 heterocycles. The highest BCUT2D eigenvalue weighted by molar-refractivity contribution is 7.99. The van der Waals surface area contributed by atoms with Gasteiger partial charge in [-0.25, -0.2) is 4.98 Å². The lowest BCUT2D eigenvalue weighted by Crippen LogP contribution is -2.32. The second kappa shape index (κ2) is 7.92. The van der Waals surface area contributed by atoms with Crippen LogP contribution in [0.4, 0.5) is 13.2 Å². The summed E-state index contributed by atoms with van der Waals surface area (Å²) in [5.41, 5.74) is -2.02. The van der Waals surface area contributed by atoms with Crippen molar-refractivity contribution in [2.45, 2.75) is 37.3 Å². The van der Waals surface area contributed by atoms with E-state index in [0.29, 0.717) is 21.9 Å². The predicted molar refractivity (Wildman–Crippen MR) is 111 cm³/mol. The third kappa shape index (κ3) is 3.87. The summed E-state index contributed by atoms with van der Waals surface area (Å²) in [5, 5.41) is 9.42. The fourth-order valence-corrected chi connectivity index (χ4v) is 3.94. The molecule has 0 unspecified atom stereocenters. The summed E-state index contributed by atoms with van der Waals surface area (Å²) in [7, 11) is 2.53. The number of hydrogen-bond acceptors (Lipinski definition) is 6. The molecule has 0 atom stereocenters. The Morgan fingerprint density at radius 3 is 2.52 bits per heavy atom. The number of rotatable bonds is 5. The van der Waals surface area contributed by atoms with Crippen molar-refractivity contribution in [2.75, 3.05) is 12.9 Å². The lowest BCUT2D eigenvalue weighted by Gasteiger charge is -2.17. The van der Waals surface area contributed by atoms with Crippen LogP contribution in [0.15, 0.2) is 28.0 Å². The second-order valence-electron chi connectivity index (χ2n) is 7.28. The van der Waals surface area contributed by atoms with Crippen molar-refractivity contribution in [3.05, 3.63) is 39.9 Å². The molecule has 0 N–H and O–H groups in total. The van der Waals surface area contributed by atoms with Gasteiger partial charge in [0.05, 0.1) is 17.0 Å². The van der Waals surface area contributed by atoms with Crippen molar-refractivity contribution in [3.8, 4) is 17.6 Å². The van der Waals surface area contributed by atoms with Crippen LogP contribution < -0.4 is 10.4 Å². The van der Waals surface area contributed by atoms with Gasteiger partial charge in [0.25, 0.3) is 0 Å². The number of imidazole rings is 1. The molecule has 31 heavy (non-hydrogen) atoms. The average molecular weight is 451 g/mol. The third-order valence-electron chi connectivity index (χ3n) is 4.84. The van der Waals surface area contributed by atoms with Gasteiger partial charge in [0.2, 0.25) is 0 Å². The van der Waals surface area contributed by atoms with Gasteiger partial charge in [0, 0.05) is 18.1 Å². The lowest BCUT2D eigenvalue weighted by molar-refractivity contribution is -0.151. The fraction of sp³-hybridized carbons (Fsp3) is 0.400. The van der Waals surface area contributed by atoms with Crippen LogP contribution in [0.5, 0.6) is 0 Å². The van der Waals surface area contributed by atoms with Gasteiger partial charge in [-0.15, -0.1) is 16.5 Å². The molecule has 0 saturated heterocycles. The van der Waals surface area contributed by atoms with Crippen molar-refractivity contribution < 1.29 is 18.0 Å². The molecule has 0 spiro atoms. The molecule has 3 aromatic heterocycles. The molecule has 0 radical (unpaired) electrons. The molecule has 0 bridgehead atoms. The minimum absolute atomic E-state index is 0.0412. The molecule has 0 aromatic carbocycles. The van der Waals surface area contributed by atoms with E-state index in [-0.39, 0.29) is 21.6 Å². The van der Waals surface area contributed by atoms with Gasteiger partial charge in [0.15, 0.2) is 11.5 Å².